The quantitative estimate of drug-likeness (QED) is 0.704. The average Bonchev–Trinajstić information content (AvgIpc) is 2.67. The third kappa shape index (κ3) is 1.71. The van der Waals surface area contributed by atoms with E-state index in [9.17, 15) is 4.79 Å². The molecule has 82 valence electrons. The molecule has 0 saturated carbocycles. The van der Waals surface area contributed by atoms with Crippen LogP contribution in [0.4, 0.5) is 0 Å². The van der Waals surface area contributed by atoms with Gasteiger partial charge in [-0.15, -0.1) is 0 Å². The fourth-order valence-corrected chi connectivity index (χ4v) is 1.51. The molecule has 0 spiro atoms. The van der Waals surface area contributed by atoms with Crippen LogP contribution >= 0.6 is 0 Å². The first-order valence-electron chi connectivity index (χ1n) is 4.93. The lowest BCUT2D eigenvalue weighted by atomic mass is 10.1. The van der Waals surface area contributed by atoms with E-state index < -0.39 is 0 Å². The minimum absolute atomic E-state index is 0.0736. The van der Waals surface area contributed by atoms with Crippen LogP contribution < -0.4 is 0 Å². The summed E-state index contributed by atoms with van der Waals surface area (Å²) in [4.78, 5) is 12.2. The third-order valence-corrected chi connectivity index (χ3v) is 2.40. The van der Waals surface area contributed by atoms with Crippen LogP contribution in [0.5, 0.6) is 0 Å². The fraction of sp³-hybridized carbons (Fsp3) is 0.273. The number of carbonyl (C=O) groups excluding carboxylic acids is 1. The Morgan fingerprint density at radius 2 is 2.06 bits per heavy atom. The summed E-state index contributed by atoms with van der Waals surface area (Å²) >= 11 is 0. The van der Waals surface area contributed by atoms with Gasteiger partial charge >= 0.3 is 0 Å². The van der Waals surface area contributed by atoms with Crippen molar-refractivity contribution in [2.75, 3.05) is 0 Å². The summed E-state index contributed by atoms with van der Waals surface area (Å²) in [5, 5.41) is 11.8. The largest absolute Gasteiger partial charge is 0.287 e. The smallest absolute Gasteiger partial charge is 0.212 e. The van der Waals surface area contributed by atoms with Gasteiger partial charge in [0.15, 0.2) is 0 Å². The van der Waals surface area contributed by atoms with Crippen LogP contribution in [0.1, 0.15) is 27.4 Å². The molecule has 0 aromatic carbocycles. The number of ketones is 1. The molecule has 0 unspecified atom stereocenters. The maximum atomic E-state index is 12.2. The van der Waals surface area contributed by atoms with Crippen LogP contribution in [0.2, 0.25) is 0 Å². The molecule has 2 aromatic heterocycles. The van der Waals surface area contributed by atoms with Crippen molar-refractivity contribution in [2.45, 2.75) is 13.8 Å². The van der Waals surface area contributed by atoms with E-state index in [-0.39, 0.29) is 5.78 Å². The van der Waals surface area contributed by atoms with Gasteiger partial charge in [-0.25, -0.2) is 0 Å². The minimum atomic E-state index is -0.0736. The Labute approximate surface area is 93.1 Å². The lowest BCUT2D eigenvalue weighted by Crippen LogP contribution is -2.11. The van der Waals surface area contributed by atoms with E-state index in [1.807, 2.05) is 6.92 Å². The molecule has 0 aliphatic rings. The highest BCUT2D eigenvalue weighted by molar-refractivity contribution is 6.08. The molecule has 2 aromatic rings. The van der Waals surface area contributed by atoms with Crippen molar-refractivity contribution in [1.29, 1.82) is 0 Å². The van der Waals surface area contributed by atoms with Gasteiger partial charge in [0.2, 0.25) is 5.78 Å². The summed E-state index contributed by atoms with van der Waals surface area (Å²) in [5.74, 6) is -0.0736. The maximum absolute atomic E-state index is 12.2. The Morgan fingerprint density at radius 1 is 1.31 bits per heavy atom. The molecule has 0 radical (unpaired) electrons. The van der Waals surface area contributed by atoms with E-state index in [4.69, 9.17) is 0 Å². The number of nitrogens with zero attached hydrogens (tertiary/aromatic N) is 4. The maximum Gasteiger partial charge on any atom is 0.212 e. The van der Waals surface area contributed by atoms with Crippen molar-refractivity contribution in [3.05, 3.63) is 41.0 Å². The van der Waals surface area contributed by atoms with E-state index in [0.29, 0.717) is 17.0 Å². The molecular weight excluding hydrogens is 204 g/mol. The molecular formula is C11H12N4O. The van der Waals surface area contributed by atoms with Gasteiger partial charge in [-0.1, -0.05) is 0 Å². The standard InChI is InChI=1S/C11H12N4O/c1-7-6-9(8(2)14-13-7)11(16)10-4-5-12-15(10)3/h4-6H,1-3H3. The SMILES string of the molecule is Cc1cc(C(=O)c2ccnn2C)c(C)nn1. The first-order chi connectivity index (χ1) is 7.59. The number of aryl methyl sites for hydroxylation is 3. The average molecular weight is 216 g/mol. The zero-order valence-corrected chi connectivity index (χ0v) is 9.43. The van der Waals surface area contributed by atoms with E-state index >= 15 is 0 Å². The number of carbonyl (C=O) groups is 1. The summed E-state index contributed by atoms with van der Waals surface area (Å²) < 4.78 is 1.55. The lowest BCUT2D eigenvalue weighted by Gasteiger charge is -2.04. The molecule has 0 saturated heterocycles. The van der Waals surface area contributed by atoms with Crippen LogP contribution in [0.15, 0.2) is 18.3 Å². The molecule has 16 heavy (non-hydrogen) atoms. The summed E-state index contributed by atoms with van der Waals surface area (Å²) in [7, 11) is 1.74. The number of rotatable bonds is 2. The predicted molar refractivity (Wildman–Crippen MR) is 58.1 cm³/mol. The second-order valence-electron chi connectivity index (χ2n) is 3.65. The van der Waals surface area contributed by atoms with E-state index in [1.165, 1.54) is 0 Å². The lowest BCUT2D eigenvalue weighted by molar-refractivity contribution is 0.102. The van der Waals surface area contributed by atoms with Gasteiger partial charge in [0.1, 0.15) is 5.69 Å². The summed E-state index contributed by atoms with van der Waals surface area (Å²) in [5.41, 5.74) is 2.50. The van der Waals surface area contributed by atoms with E-state index in [2.05, 4.69) is 15.3 Å². The van der Waals surface area contributed by atoms with Crippen LogP contribution in [-0.2, 0) is 7.05 Å². The molecule has 0 bridgehead atoms. The molecule has 0 aliphatic carbocycles. The summed E-state index contributed by atoms with van der Waals surface area (Å²) in [6, 6.07) is 3.44. The highest BCUT2D eigenvalue weighted by Gasteiger charge is 2.16. The number of hydrogen-bond donors (Lipinski definition) is 0. The topological polar surface area (TPSA) is 60.7 Å². The first-order valence-corrected chi connectivity index (χ1v) is 4.93. The summed E-state index contributed by atoms with van der Waals surface area (Å²) in [6.07, 6.45) is 1.60. The summed E-state index contributed by atoms with van der Waals surface area (Å²) in [6.45, 7) is 3.59. The molecule has 0 aliphatic heterocycles. The Balaban J connectivity index is 2.49. The molecule has 0 N–H and O–H groups in total. The Kier molecular flexibility index (Phi) is 2.52. The Hall–Kier alpha value is -2.04. The van der Waals surface area contributed by atoms with E-state index in [0.717, 1.165) is 5.69 Å². The highest BCUT2D eigenvalue weighted by atomic mass is 16.1. The Bertz CT molecular complexity index is 545. The van der Waals surface area contributed by atoms with Crippen molar-refractivity contribution < 1.29 is 4.79 Å². The van der Waals surface area contributed by atoms with Crippen LogP contribution in [0, 0.1) is 13.8 Å². The van der Waals surface area contributed by atoms with Gasteiger partial charge in [0.05, 0.1) is 11.4 Å². The monoisotopic (exact) mass is 216 g/mol. The second kappa shape index (κ2) is 3.84. The van der Waals surface area contributed by atoms with Crippen molar-refractivity contribution in [2.24, 2.45) is 7.05 Å². The number of hydrogen-bond acceptors (Lipinski definition) is 4. The molecule has 5 heteroatoms. The fourth-order valence-electron chi connectivity index (χ4n) is 1.51. The van der Waals surface area contributed by atoms with Gasteiger partial charge in [-0.2, -0.15) is 15.3 Å². The molecule has 0 atom stereocenters. The zero-order valence-electron chi connectivity index (χ0n) is 9.43. The molecule has 5 nitrogen and oxygen atoms in total. The minimum Gasteiger partial charge on any atom is -0.287 e. The molecule has 0 amide bonds. The van der Waals surface area contributed by atoms with E-state index in [1.54, 1.807) is 37.0 Å². The van der Waals surface area contributed by atoms with Gasteiger partial charge < -0.3 is 0 Å². The molecule has 2 heterocycles. The molecule has 0 fully saturated rings. The van der Waals surface area contributed by atoms with Crippen LogP contribution in [0.3, 0.4) is 0 Å². The van der Waals surface area contributed by atoms with Gasteiger partial charge in [-0.05, 0) is 26.0 Å². The molecule has 2 rings (SSSR count). The zero-order chi connectivity index (χ0) is 11.7. The third-order valence-electron chi connectivity index (χ3n) is 2.40. The van der Waals surface area contributed by atoms with Gasteiger partial charge in [0, 0.05) is 18.8 Å². The van der Waals surface area contributed by atoms with Crippen molar-refractivity contribution in [3.8, 4) is 0 Å². The first kappa shape index (κ1) is 10.5. The van der Waals surface area contributed by atoms with Crippen molar-refractivity contribution in [3.63, 3.8) is 0 Å². The highest BCUT2D eigenvalue weighted by Crippen LogP contribution is 2.11. The van der Waals surface area contributed by atoms with Crippen LogP contribution in [0.25, 0.3) is 0 Å². The van der Waals surface area contributed by atoms with Gasteiger partial charge in [-0.3, -0.25) is 9.48 Å². The van der Waals surface area contributed by atoms with Crippen molar-refractivity contribution in [1.82, 2.24) is 20.0 Å². The van der Waals surface area contributed by atoms with Gasteiger partial charge in [0.25, 0.3) is 0 Å². The number of aromatic nitrogens is 4. The Morgan fingerprint density at radius 3 is 2.69 bits per heavy atom. The second-order valence-corrected chi connectivity index (χ2v) is 3.65. The van der Waals surface area contributed by atoms with Crippen molar-refractivity contribution >= 4 is 5.78 Å². The predicted octanol–water partition coefficient (Wildman–Crippen LogP) is 1.06. The van der Waals surface area contributed by atoms with Crippen LogP contribution in [-0.4, -0.2) is 25.8 Å². The normalized spacial score (nSPS) is 10.4.